The highest BCUT2D eigenvalue weighted by molar-refractivity contribution is 7.90. The Hall–Kier alpha value is -0.910. The molecule has 0 unspecified atom stereocenters. The summed E-state index contributed by atoms with van der Waals surface area (Å²) in [4.78, 5) is 2.07. The van der Waals surface area contributed by atoms with E-state index in [0.717, 1.165) is 6.54 Å². The molecule has 0 saturated heterocycles. The summed E-state index contributed by atoms with van der Waals surface area (Å²) in [7, 11) is -2.90. The molecule has 0 saturated carbocycles. The molecule has 1 rings (SSSR count). The van der Waals surface area contributed by atoms with Crippen LogP contribution < -0.4 is 0 Å². The van der Waals surface area contributed by atoms with E-state index in [4.69, 9.17) is 5.11 Å². The Morgan fingerprint density at radius 1 is 1.17 bits per heavy atom. The molecule has 18 heavy (non-hydrogen) atoms. The van der Waals surface area contributed by atoms with Gasteiger partial charge >= 0.3 is 0 Å². The van der Waals surface area contributed by atoms with Gasteiger partial charge in [-0.25, -0.2) is 8.42 Å². The number of nitrogens with zero attached hydrogens (tertiary/aromatic N) is 1. The van der Waals surface area contributed by atoms with Gasteiger partial charge < -0.3 is 5.11 Å². The molecule has 0 amide bonds. The Labute approximate surface area is 109 Å². The van der Waals surface area contributed by atoms with Crippen LogP contribution in [-0.4, -0.2) is 50.1 Å². The number of hydrogen-bond acceptors (Lipinski definition) is 4. The molecule has 4 nitrogen and oxygen atoms in total. The molecular weight excluding hydrogens is 250 g/mol. The van der Waals surface area contributed by atoms with Crippen LogP contribution in [0.4, 0.5) is 0 Å². The summed E-state index contributed by atoms with van der Waals surface area (Å²) in [6, 6.07) is 9.97. The first kappa shape index (κ1) is 15.1. The van der Waals surface area contributed by atoms with Gasteiger partial charge in [-0.3, -0.25) is 4.90 Å². The lowest BCUT2D eigenvalue weighted by Gasteiger charge is -2.21. The lowest BCUT2D eigenvalue weighted by Crippen LogP contribution is -2.28. The Morgan fingerprint density at radius 2 is 1.83 bits per heavy atom. The number of benzene rings is 1. The molecule has 1 aromatic rings. The van der Waals surface area contributed by atoms with Crippen LogP contribution in [0.15, 0.2) is 30.3 Å². The summed E-state index contributed by atoms with van der Waals surface area (Å²) < 4.78 is 22.1. The van der Waals surface area contributed by atoms with E-state index >= 15 is 0 Å². The van der Waals surface area contributed by atoms with Gasteiger partial charge in [0.2, 0.25) is 0 Å². The Balaban J connectivity index is 2.45. The van der Waals surface area contributed by atoms with Gasteiger partial charge in [0.1, 0.15) is 9.84 Å². The molecule has 0 aliphatic carbocycles. The fraction of sp³-hybridized carbons (Fsp3) is 0.538. The first-order valence-electron chi connectivity index (χ1n) is 6.06. The van der Waals surface area contributed by atoms with Crippen LogP contribution in [0.25, 0.3) is 0 Å². The van der Waals surface area contributed by atoms with Gasteiger partial charge in [-0.1, -0.05) is 30.3 Å². The maximum absolute atomic E-state index is 11.1. The zero-order chi connectivity index (χ0) is 13.4. The van der Waals surface area contributed by atoms with Crippen molar-refractivity contribution in [2.45, 2.75) is 13.0 Å². The van der Waals surface area contributed by atoms with Gasteiger partial charge in [0, 0.05) is 19.3 Å². The summed E-state index contributed by atoms with van der Waals surface area (Å²) in [5.41, 5.74) is 1.17. The normalized spacial score (nSPS) is 11.9. The van der Waals surface area contributed by atoms with Gasteiger partial charge in [0.25, 0.3) is 0 Å². The maximum atomic E-state index is 11.1. The second kappa shape index (κ2) is 7.51. The minimum absolute atomic E-state index is 0.0890. The predicted octanol–water partition coefficient (Wildman–Crippen LogP) is 0.916. The van der Waals surface area contributed by atoms with E-state index in [9.17, 15) is 8.42 Å². The van der Waals surface area contributed by atoms with Crippen LogP contribution in [0.3, 0.4) is 0 Å². The summed E-state index contributed by atoms with van der Waals surface area (Å²) in [5.74, 6) is 0.198. The van der Waals surface area contributed by atoms with Crippen LogP contribution in [-0.2, 0) is 16.4 Å². The Kier molecular flexibility index (Phi) is 6.32. The van der Waals surface area contributed by atoms with Crippen molar-refractivity contribution in [2.75, 3.05) is 31.7 Å². The number of aliphatic hydroxyl groups is 1. The molecule has 1 aromatic carbocycles. The fourth-order valence-corrected chi connectivity index (χ4v) is 2.46. The Morgan fingerprint density at radius 3 is 2.39 bits per heavy atom. The average Bonchev–Trinajstić information content (AvgIpc) is 2.29. The molecule has 0 aliphatic rings. The van der Waals surface area contributed by atoms with E-state index in [1.54, 1.807) is 0 Å². The van der Waals surface area contributed by atoms with Crippen molar-refractivity contribution < 1.29 is 13.5 Å². The van der Waals surface area contributed by atoms with Crippen molar-refractivity contribution >= 4 is 9.84 Å². The summed E-state index contributed by atoms with van der Waals surface area (Å²) in [6.07, 6.45) is 1.85. The molecule has 5 heteroatoms. The average molecular weight is 271 g/mol. The molecule has 0 bridgehead atoms. The molecule has 0 aromatic heterocycles. The third-order valence-electron chi connectivity index (χ3n) is 2.65. The van der Waals surface area contributed by atoms with Crippen molar-refractivity contribution in [1.82, 2.24) is 4.90 Å². The first-order valence-corrected chi connectivity index (χ1v) is 8.12. The highest BCUT2D eigenvalue weighted by atomic mass is 32.2. The van der Waals surface area contributed by atoms with Crippen molar-refractivity contribution in [2.24, 2.45) is 0 Å². The highest BCUT2D eigenvalue weighted by Crippen LogP contribution is 2.05. The third kappa shape index (κ3) is 6.74. The minimum Gasteiger partial charge on any atom is -0.395 e. The van der Waals surface area contributed by atoms with Crippen molar-refractivity contribution in [3.05, 3.63) is 35.9 Å². The van der Waals surface area contributed by atoms with Crippen LogP contribution in [0.1, 0.15) is 12.0 Å². The van der Waals surface area contributed by atoms with Crippen LogP contribution in [0, 0.1) is 0 Å². The molecule has 0 spiro atoms. The number of aliphatic hydroxyl groups excluding tert-OH is 1. The topological polar surface area (TPSA) is 57.6 Å². The molecule has 0 aliphatic heterocycles. The van der Waals surface area contributed by atoms with Crippen molar-refractivity contribution in [3.8, 4) is 0 Å². The van der Waals surface area contributed by atoms with Gasteiger partial charge in [-0.05, 0) is 18.5 Å². The second-order valence-electron chi connectivity index (χ2n) is 4.47. The van der Waals surface area contributed by atoms with E-state index in [1.807, 2.05) is 30.3 Å². The quantitative estimate of drug-likeness (QED) is 0.764. The van der Waals surface area contributed by atoms with Gasteiger partial charge in [-0.15, -0.1) is 0 Å². The molecule has 0 atom stereocenters. The van der Waals surface area contributed by atoms with E-state index in [1.165, 1.54) is 11.8 Å². The molecule has 102 valence electrons. The smallest absolute Gasteiger partial charge is 0.147 e. The van der Waals surface area contributed by atoms with Crippen LogP contribution >= 0.6 is 0 Å². The molecule has 0 heterocycles. The predicted molar refractivity (Wildman–Crippen MR) is 73.1 cm³/mol. The lowest BCUT2D eigenvalue weighted by atomic mass is 10.2. The number of hydrogen-bond donors (Lipinski definition) is 1. The first-order chi connectivity index (χ1) is 8.51. The van der Waals surface area contributed by atoms with Crippen LogP contribution in [0.5, 0.6) is 0 Å². The summed E-state index contributed by atoms with van der Waals surface area (Å²) >= 11 is 0. The second-order valence-corrected chi connectivity index (χ2v) is 6.73. The monoisotopic (exact) mass is 271 g/mol. The largest absolute Gasteiger partial charge is 0.395 e. The summed E-state index contributed by atoms with van der Waals surface area (Å²) in [6.45, 7) is 2.08. The number of rotatable bonds is 8. The standard InChI is InChI=1S/C13H21NO3S/c1-18(16,17)11-5-8-14(9-10-15)12-13-6-3-2-4-7-13/h2-4,6-7,15H,5,8-12H2,1H3. The summed E-state index contributed by atoms with van der Waals surface area (Å²) in [5, 5.41) is 9.01. The van der Waals surface area contributed by atoms with Gasteiger partial charge in [0.05, 0.1) is 12.4 Å². The zero-order valence-corrected chi connectivity index (χ0v) is 11.6. The number of sulfone groups is 1. The van der Waals surface area contributed by atoms with E-state index in [0.29, 0.717) is 19.5 Å². The third-order valence-corrected chi connectivity index (χ3v) is 3.68. The van der Waals surface area contributed by atoms with Crippen LogP contribution in [0.2, 0.25) is 0 Å². The van der Waals surface area contributed by atoms with Gasteiger partial charge in [0.15, 0.2) is 0 Å². The van der Waals surface area contributed by atoms with Gasteiger partial charge in [-0.2, -0.15) is 0 Å². The van der Waals surface area contributed by atoms with Crippen molar-refractivity contribution in [3.63, 3.8) is 0 Å². The maximum Gasteiger partial charge on any atom is 0.147 e. The molecular formula is C13H21NO3S. The zero-order valence-electron chi connectivity index (χ0n) is 10.7. The Bertz CT molecular complexity index is 431. The highest BCUT2D eigenvalue weighted by Gasteiger charge is 2.07. The van der Waals surface area contributed by atoms with E-state index in [2.05, 4.69) is 4.90 Å². The minimum atomic E-state index is -2.90. The lowest BCUT2D eigenvalue weighted by molar-refractivity contribution is 0.190. The molecule has 0 fully saturated rings. The van der Waals surface area contributed by atoms with Crippen molar-refractivity contribution in [1.29, 1.82) is 0 Å². The van der Waals surface area contributed by atoms with E-state index in [-0.39, 0.29) is 12.4 Å². The van der Waals surface area contributed by atoms with E-state index < -0.39 is 9.84 Å². The SMILES string of the molecule is CS(=O)(=O)CCCN(CCO)Cc1ccccc1. The molecule has 0 radical (unpaired) electrons. The fourth-order valence-electron chi connectivity index (χ4n) is 1.80. The molecule has 1 N–H and O–H groups in total.